The molecule has 0 heterocycles. The third kappa shape index (κ3) is 0.939. The van der Waals surface area contributed by atoms with E-state index in [2.05, 4.69) is 27.7 Å². The van der Waals surface area contributed by atoms with Gasteiger partial charge >= 0.3 is 0 Å². The maximum atomic E-state index is 11.3. The first-order chi connectivity index (χ1) is 7.33. The third-order valence-corrected chi connectivity index (χ3v) is 7.05. The second-order valence-corrected chi connectivity index (χ2v) is 7.59. The van der Waals surface area contributed by atoms with Crippen molar-refractivity contribution in [3.63, 3.8) is 0 Å². The molecule has 0 aromatic carbocycles. The zero-order valence-electron chi connectivity index (χ0n) is 11.2. The first-order valence-electron chi connectivity index (χ1n) is 7.05. The molecule has 4 aliphatic carbocycles. The lowest BCUT2D eigenvalue weighted by Gasteiger charge is -2.71. The van der Waals surface area contributed by atoms with Crippen molar-refractivity contribution in [2.45, 2.75) is 65.4 Å². The second-order valence-electron chi connectivity index (χ2n) is 7.59. The minimum absolute atomic E-state index is 0.136. The summed E-state index contributed by atoms with van der Waals surface area (Å²) >= 11 is 0. The maximum Gasteiger partial charge on any atom is 0.0757 e. The Morgan fingerprint density at radius 1 is 1.06 bits per heavy atom. The third-order valence-electron chi connectivity index (χ3n) is 7.05. The van der Waals surface area contributed by atoms with Gasteiger partial charge in [0.25, 0.3) is 0 Å². The normalized spacial score (nSPS) is 58.7. The van der Waals surface area contributed by atoms with Crippen LogP contribution in [0.15, 0.2) is 0 Å². The number of aliphatic hydroxyl groups is 1. The lowest BCUT2D eigenvalue weighted by atomic mass is 9.35. The summed E-state index contributed by atoms with van der Waals surface area (Å²) in [5.74, 6) is 2.36. The molecule has 1 unspecified atom stereocenters. The highest BCUT2D eigenvalue weighted by Gasteiger charge is 2.69. The van der Waals surface area contributed by atoms with Crippen molar-refractivity contribution in [2.24, 2.45) is 28.6 Å². The fourth-order valence-electron chi connectivity index (χ4n) is 5.69. The molecule has 4 rings (SSSR count). The van der Waals surface area contributed by atoms with Gasteiger partial charge in [-0.2, -0.15) is 0 Å². The van der Waals surface area contributed by atoms with Crippen molar-refractivity contribution in [3.05, 3.63) is 0 Å². The smallest absolute Gasteiger partial charge is 0.0757 e. The van der Waals surface area contributed by atoms with Crippen molar-refractivity contribution < 1.29 is 5.11 Å². The Morgan fingerprint density at radius 3 is 2.44 bits per heavy atom. The summed E-state index contributed by atoms with van der Waals surface area (Å²) in [6, 6.07) is 0. The average molecular weight is 222 g/mol. The minimum atomic E-state index is -0.391. The predicted octanol–water partition coefficient (Wildman–Crippen LogP) is 3.61. The Hall–Kier alpha value is -0.0400. The minimum Gasteiger partial charge on any atom is -0.389 e. The van der Waals surface area contributed by atoms with Crippen LogP contribution < -0.4 is 0 Å². The molecule has 1 nitrogen and oxygen atoms in total. The number of hydrogen-bond acceptors (Lipinski definition) is 1. The molecule has 0 spiro atoms. The first kappa shape index (κ1) is 11.1. The van der Waals surface area contributed by atoms with E-state index in [1.165, 1.54) is 25.7 Å². The molecule has 4 fully saturated rings. The monoisotopic (exact) mass is 222 g/mol. The fraction of sp³-hybridized carbons (Fsp3) is 1.00. The topological polar surface area (TPSA) is 20.2 Å². The highest BCUT2D eigenvalue weighted by atomic mass is 16.3. The van der Waals surface area contributed by atoms with Gasteiger partial charge in [0, 0.05) is 0 Å². The lowest BCUT2D eigenvalue weighted by molar-refractivity contribution is -0.291. The molecule has 92 valence electrons. The van der Waals surface area contributed by atoms with Crippen LogP contribution in [-0.4, -0.2) is 10.7 Å². The molecule has 1 N–H and O–H groups in total. The van der Waals surface area contributed by atoms with Crippen molar-refractivity contribution in [2.75, 3.05) is 0 Å². The largest absolute Gasteiger partial charge is 0.389 e. The van der Waals surface area contributed by atoms with Crippen LogP contribution in [0.1, 0.15) is 59.8 Å². The highest BCUT2D eigenvalue weighted by Crippen LogP contribution is 2.71. The van der Waals surface area contributed by atoms with Gasteiger partial charge < -0.3 is 5.11 Å². The predicted molar refractivity (Wildman–Crippen MR) is 66.1 cm³/mol. The fourth-order valence-corrected chi connectivity index (χ4v) is 5.69. The van der Waals surface area contributed by atoms with Gasteiger partial charge in [0.05, 0.1) is 5.60 Å². The first-order valence-corrected chi connectivity index (χ1v) is 7.05. The number of rotatable bonds is 0. The molecule has 0 radical (unpaired) electrons. The summed E-state index contributed by atoms with van der Waals surface area (Å²) in [7, 11) is 0. The van der Waals surface area contributed by atoms with E-state index in [1.807, 2.05) is 0 Å². The molecule has 0 amide bonds. The lowest BCUT2D eigenvalue weighted by Crippen LogP contribution is -2.71. The van der Waals surface area contributed by atoms with Gasteiger partial charge in [-0.1, -0.05) is 27.7 Å². The van der Waals surface area contributed by atoms with Crippen molar-refractivity contribution in [1.29, 1.82) is 0 Å². The van der Waals surface area contributed by atoms with Gasteiger partial charge in [-0.15, -0.1) is 0 Å². The van der Waals surface area contributed by atoms with Crippen molar-refractivity contribution >= 4 is 0 Å². The number of fused-ring (bicyclic) bond motifs is 1. The van der Waals surface area contributed by atoms with E-state index in [1.54, 1.807) is 0 Å². The molecular weight excluding hydrogens is 196 g/mol. The van der Waals surface area contributed by atoms with E-state index in [-0.39, 0.29) is 10.8 Å². The average Bonchev–Trinajstić information content (AvgIpc) is 2.22. The second kappa shape index (κ2) is 2.85. The molecule has 0 aromatic rings. The molecule has 0 aliphatic heterocycles. The molecule has 0 aromatic heterocycles. The molecular formula is C15H26O. The van der Waals surface area contributed by atoms with Crippen LogP contribution in [0, 0.1) is 28.6 Å². The quantitative estimate of drug-likeness (QED) is 0.664. The highest BCUT2D eigenvalue weighted by molar-refractivity contribution is 5.19. The summed E-state index contributed by atoms with van der Waals surface area (Å²) < 4.78 is 0. The molecule has 1 heteroatoms. The van der Waals surface area contributed by atoms with Gasteiger partial charge in [-0.25, -0.2) is 0 Å². The van der Waals surface area contributed by atoms with Crippen LogP contribution in [0.3, 0.4) is 0 Å². The van der Waals surface area contributed by atoms with Crippen LogP contribution in [0.4, 0.5) is 0 Å². The molecule has 0 saturated heterocycles. The van der Waals surface area contributed by atoms with E-state index >= 15 is 0 Å². The van der Waals surface area contributed by atoms with Crippen LogP contribution >= 0.6 is 0 Å². The van der Waals surface area contributed by atoms with Crippen LogP contribution in [0.5, 0.6) is 0 Å². The summed E-state index contributed by atoms with van der Waals surface area (Å²) in [6.45, 7) is 9.43. The van der Waals surface area contributed by atoms with Gasteiger partial charge in [0.15, 0.2) is 0 Å². The van der Waals surface area contributed by atoms with E-state index in [0.717, 1.165) is 24.2 Å². The summed E-state index contributed by atoms with van der Waals surface area (Å²) in [6.07, 6.45) is 6.23. The van der Waals surface area contributed by atoms with E-state index in [0.29, 0.717) is 0 Å². The van der Waals surface area contributed by atoms with E-state index < -0.39 is 5.60 Å². The van der Waals surface area contributed by atoms with Gasteiger partial charge in [0.2, 0.25) is 0 Å². The van der Waals surface area contributed by atoms with E-state index in [9.17, 15) is 5.11 Å². The van der Waals surface area contributed by atoms with Crippen LogP contribution in [0.25, 0.3) is 0 Å². The molecule has 5 atom stereocenters. The van der Waals surface area contributed by atoms with Gasteiger partial charge in [-0.05, 0) is 60.7 Å². The molecule has 4 saturated carbocycles. The summed E-state index contributed by atoms with van der Waals surface area (Å²) in [4.78, 5) is 0. The van der Waals surface area contributed by atoms with Crippen molar-refractivity contribution in [3.8, 4) is 0 Å². The Labute approximate surface area is 99.6 Å². The standard InChI is InChI=1S/C15H26O/c1-10-5-8-15(16)13(2,3)11-6-7-14(15,4)12(10)9-11/h10-12,16H,5-9H2,1-4H3/t10-,11-,12?,14-,15+/m1/s1. The Kier molecular flexibility index (Phi) is 1.98. The maximum absolute atomic E-state index is 11.3. The Morgan fingerprint density at radius 2 is 1.75 bits per heavy atom. The SMILES string of the molecule is C[C@@H]1CC[C@]2(O)C(C)(C)[C@@H]3CC[C@]2(C)C1C3. The Balaban J connectivity index is 2.13. The van der Waals surface area contributed by atoms with Crippen LogP contribution in [-0.2, 0) is 0 Å². The zero-order chi connectivity index (χ0) is 11.8. The van der Waals surface area contributed by atoms with Crippen molar-refractivity contribution in [1.82, 2.24) is 0 Å². The zero-order valence-corrected chi connectivity index (χ0v) is 11.2. The summed E-state index contributed by atoms with van der Waals surface area (Å²) in [5.41, 5.74) is -0.0576. The summed E-state index contributed by atoms with van der Waals surface area (Å²) in [5, 5.41) is 11.3. The van der Waals surface area contributed by atoms with Gasteiger partial charge in [0.1, 0.15) is 0 Å². The molecule has 4 aliphatic rings. The number of hydrogen-bond donors (Lipinski definition) is 1. The van der Waals surface area contributed by atoms with Crippen LogP contribution in [0.2, 0.25) is 0 Å². The van der Waals surface area contributed by atoms with E-state index in [4.69, 9.17) is 0 Å². The molecule has 16 heavy (non-hydrogen) atoms. The van der Waals surface area contributed by atoms with Gasteiger partial charge in [-0.3, -0.25) is 0 Å². The Bertz CT molecular complexity index is 321. The molecule has 4 bridgehead atoms.